The quantitative estimate of drug-likeness (QED) is 0.600. The minimum Gasteiger partial charge on any atom is -0.432 e. The van der Waals surface area contributed by atoms with Crippen LogP contribution in [0.3, 0.4) is 0 Å². The normalized spacial score (nSPS) is 18.2. The number of rotatable bonds is 2. The van der Waals surface area contributed by atoms with Gasteiger partial charge in [0.15, 0.2) is 0 Å². The molecule has 0 heterocycles. The molecule has 1 rings (SSSR count). The molecule has 3 heteroatoms. The van der Waals surface area contributed by atoms with Crippen LogP contribution in [0.25, 0.3) is 0 Å². The molecule has 0 N–H and O–H groups in total. The summed E-state index contributed by atoms with van der Waals surface area (Å²) < 4.78 is 9.91. The second kappa shape index (κ2) is 4.33. The molecule has 0 unspecified atom stereocenters. The zero-order valence-electron chi connectivity index (χ0n) is 7.71. The Morgan fingerprint density at radius 1 is 1.33 bits per heavy atom. The molecular formula is C9H16O3. The largest absolute Gasteiger partial charge is 0.508 e. The molecule has 1 aliphatic carbocycles. The van der Waals surface area contributed by atoms with E-state index in [1.165, 1.54) is 12.8 Å². The molecule has 0 amide bonds. The molecule has 0 aliphatic heterocycles. The maximum atomic E-state index is 11.0. The van der Waals surface area contributed by atoms with Gasteiger partial charge in [0.1, 0.15) is 6.10 Å². The summed E-state index contributed by atoms with van der Waals surface area (Å²) in [5.41, 5.74) is 0. The standard InChI is InChI=1S/C9H16O3/c1-7(2)11-9(10)12-8-5-3-4-6-8/h7-8H,3-6H2,1-2H3. The molecule has 3 nitrogen and oxygen atoms in total. The fourth-order valence-corrected chi connectivity index (χ4v) is 1.36. The second-order valence-corrected chi connectivity index (χ2v) is 3.44. The summed E-state index contributed by atoms with van der Waals surface area (Å²) in [5, 5.41) is 0. The van der Waals surface area contributed by atoms with Gasteiger partial charge in [-0.2, -0.15) is 0 Å². The van der Waals surface area contributed by atoms with E-state index < -0.39 is 6.16 Å². The molecule has 70 valence electrons. The molecule has 1 fully saturated rings. The van der Waals surface area contributed by atoms with Crippen LogP contribution in [-0.2, 0) is 9.47 Å². The number of carbonyl (C=O) groups is 1. The van der Waals surface area contributed by atoms with Crippen LogP contribution in [0.1, 0.15) is 39.5 Å². The van der Waals surface area contributed by atoms with Gasteiger partial charge in [0.25, 0.3) is 0 Å². The molecule has 1 aliphatic rings. The van der Waals surface area contributed by atoms with Gasteiger partial charge in [-0.1, -0.05) is 0 Å². The molecule has 1 saturated carbocycles. The first-order valence-corrected chi connectivity index (χ1v) is 4.55. The highest BCUT2D eigenvalue weighted by Gasteiger charge is 2.20. The fourth-order valence-electron chi connectivity index (χ4n) is 1.36. The van der Waals surface area contributed by atoms with Crippen molar-refractivity contribution in [2.45, 2.75) is 51.7 Å². The fraction of sp³-hybridized carbons (Fsp3) is 0.889. The number of hydrogen-bond acceptors (Lipinski definition) is 3. The molecule has 0 spiro atoms. The lowest BCUT2D eigenvalue weighted by molar-refractivity contribution is 0.00911. The Kier molecular flexibility index (Phi) is 3.38. The van der Waals surface area contributed by atoms with Crippen molar-refractivity contribution in [2.24, 2.45) is 0 Å². The van der Waals surface area contributed by atoms with Crippen molar-refractivity contribution < 1.29 is 14.3 Å². The number of ether oxygens (including phenoxy) is 2. The molecule has 12 heavy (non-hydrogen) atoms. The van der Waals surface area contributed by atoms with Gasteiger partial charge < -0.3 is 9.47 Å². The zero-order valence-corrected chi connectivity index (χ0v) is 7.71. The summed E-state index contributed by atoms with van der Waals surface area (Å²) in [4.78, 5) is 11.0. The Labute approximate surface area is 73.0 Å². The summed E-state index contributed by atoms with van der Waals surface area (Å²) in [7, 11) is 0. The third kappa shape index (κ3) is 3.11. The third-order valence-corrected chi connectivity index (χ3v) is 1.90. The van der Waals surface area contributed by atoms with Crippen LogP contribution in [0.2, 0.25) is 0 Å². The van der Waals surface area contributed by atoms with E-state index in [1.807, 2.05) is 13.8 Å². The van der Waals surface area contributed by atoms with E-state index in [0.717, 1.165) is 12.8 Å². The van der Waals surface area contributed by atoms with E-state index >= 15 is 0 Å². The summed E-state index contributed by atoms with van der Waals surface area (Å²) in [6, 6.07) is 0. The molecule has 0 aromatic carbocycles. The maximum absolute atomic E-state index is 11.0. The average molecular weight is 172 g/mol. The van der Waals surface area contributed by atoms with E-state index in [4.69, 9.17) is 9.47 Å². The van der Waals surface area contributed by atoms with Gasteiger partial charge in [-0.15, -0.1) is 0 Å². The van der Waals surface area contributed by atoms with E-state index in [9.17, 15) is 4.79 Å². The lowest BCUT2D eigenvalue weighted by Gasteiger charge is -2.12. The average Bonchev–Trinajstić information content (AvgIpc) is 2.37. The number of hydrogen-bond donors (Lipinski definition) is 0. The predicted molar refractivity (Wildman–Crippen MR) is 45.0 cm³/mol. The van der Waals surface area contributed by atoms with E-state index in [2.05, 4.69) is 0 Å². The van der Waals surface area contributed by atoms with Crippen LogP contribution in [0.15, 0.2) is 0 Å². The van der Waals surface area contributed by atoms with Gasteiger partial charge in [-0.3, -0.25) is 0 Å². The van der Waals surface area contributed by atoms with Gasteiger partial charge in [-0.05, 0) is 39.5 Å². The Balaban J connectivity index is 2.16. The van der Waals surface area contributed by atoms with Crippen molar-refractivity contribution in [3.63, 3.8) is 0 Å². The van der Waals surface area contributed by atoms with Gasteiger partial charge in [0.2, 0.25) is 0 Å². The van der Waals surface area contributed by atoms with Crippen molar-refractivity contribution in [1.82, 2.24) is 0 Å². The van der Waals surface area contributed by atoms with E-state index in [-0.39, 0.29) is 12.2 Å². The second-order valence-electron chi connectivity index (χ2n) is 3.44. The van der Waals surface area contributed by atoms with Crippen LogP contribution in [0.5, 0.6) is 0 Å². The minimum absolute atomic E-state index is 0.0843. The molecule has 0 aromatic heterocycles. The summed E-state index contributed by atoms with van der Waals surface area (Å²) in [6.07, 6.45) is 3.83. The Hall–Kier alpha value is -0.730. The maximum Gasteiger partial charge on any atom is 0.508 e. The first kappa shape index (κ1) is 9.36. The molecule has 0 saturated heterocycles. The molecule has 0 aromatic rings. The molecule has 0 bridgehead atoms. The Bertz CT molecular complexity index is 148. The van der Waals surface area contributed by atoms with Crippen molar-refractivity contribution in [2.75, 3.05) is 0 Å². The monoisotopic (exact) mass is 172 g/mol. The van der Waals surface area contributed by atoms with Gasteiger partial charge >= 0.3 is 6.16 Å². The van der Waals surface area contributed by atoms with E-state index in [0.29, 0.717) is 0 Å². The van der Waals surface area contributed by atoms with Crippen molar-refractivity contribution in [3.05, 3.63) is 0 Å². The van der Waals surface area contributed by atoms with E-state index in [1.54, 1.807) is 0 Å². The Morgan fingerprint density at radius 2 is 1.92 bits per heavy atom. The summed E-state index contributed by atoms with van der Waals surface area (Å²) in [6.45, 7) is 3.63. The van der Waals surface area contributed by atoms with Crippen LogP contribution < -0.4 is 0 Å². The topological polar surface area (TPSA) is 35.5 Å². The highest BCUT2D eigenvalue weighted by Crippen LogP contribution is 2.21. The summed E-state index contributed by atoms with van der Waals surface area (Å²) >= 11 is 0. The lowest BCUT2D eigenvalue weighted by Crippen LogP contribution is -2.18. The third-order valence-electron chi connectivity index (χ3n) is 1.90. The van der Waals surface area contributed by atoms with Crippen LogP contribution >= 0.6 is 0 Å². The van der Waals surface area contributed by atoms with Crippen LogP contribution in [0, 0.1) is 0 Å². The highest BCUT2D eigenvalue weighted by atomic mass is 16.7. The van der Waals surface area contributed by atoms with Crippen LogP contribution in [-0.4, -0.2) is 18.4 Å². The summed E-state index contributed by atoms with van der Waals surface area (Å²) in [5.74, 6) is 0. The first-order chi connectivity index (χ1) is 5.68. The minimum atomic E-state index is -0.517. The number of carbonyl (C=O) groups excluding carboxylic acids is 1. The van der Waals surface area contributed by atoms with Gasteiger partial charge in [0, 0.05) is 0 Å². The van der Waals surface area contributed by atoms with Crippen LogP contribution in [0.4, 0.5) is 4.79 Å². The smallest absolute Gasteiger partial charge is 0.432 e. The molecular weight excluding hydrogens is 156 g/mol. The van der Waals surface area contributed by atoms with Gasteiger partial charge in [-0.25, -0.2) is 4.79 Å². The predicted octanol–water partition coefficient (Wildman–Crippen LogP) is 2.49. The van der Waals surface area contributed by atoms with Crippen molar-refractivity contribution >= 4 is 6.16 Å². The lowest BCUT2D eigenvalue weighted by atomic mass is 10.3. The van der Waals surface area contributed by atoms with Crippen molar-refractivity contribution in [1.29, 1.82) is 0 Å². The SMILES string of the molecule is CC(C)OC(=O)OC1CCCC1. The Morgan fingerprint density at radius 3 is 2.42 bits per heavy atom. The van der Waals surface area contributed by atoms with Crippen molar-refractivity contribution in [3.8, 4) is 0 Å². The zero-order chi connectivity index (χ0) is 8.97. The highest BCUT2D eigenvalue weighted by molar-refractivity contribution is 5.60. The molecule has 0 radical (unpaired) electrons. The van der Waals surface area contributed by atoms with Gasteiger partial charge in [0.05, 0.1) is 6.10 Å². The first-order valence-electron chi connectivity index (χ1n) is 4.55. The molecule has 0 atom stereocenters.